The van der Waals surface area contributed by atoms with Crippen LogP contribution < -0.4 is 20.5 Å². The average Bonchev–Trinajstić information content (AvgIpc) is 2.78. The Kier molecular flexibility index (Phi) is 11.5. The van der Waals surface area contributed by atoms with E-state index >= 15 is 0 Å². The number of hydrogen-bond donors (Lipinski definition) is 5. The Hall–Kier alpha value is -3.17. The normalized spacial score (nSPS) is 13.1. The van der Waals surface area contributed by atoms with E-state index in [0.717, 1.165) is 31.7 Å². The Balaban J connectivity index is 0.00000289. The van der Waals surface area contributed by atoms with Crippen LogP contribution in [-0.2, 0) is 0 Å². The number of nitrogens with one attached hydrogen (secondary N) is 3. The number of amidine groups is 2. The number of piperidine rings is 1. The molecular weight excluding hydrogens is 481 g/mol. The lowest BCUT2D eigenvalue weighted by atomic mass is 10.1. The number of likely N-dealkylation sites (tertiary alicyclic amines) is 1. The van der Waals surface area contributed by atoms with E-state index in [-0.39, 0.29) is 67.3 Å². The zero-order valence-corrected chi connectivity index (χ0v) is 20.5. The van der Waals surface area contributed by atoms with Crippen molar-refractivity contribution in [2.75, 3.05) is 26.2 Å². The van der Waals surface area contributed by atoms with Gasteiger partial charge in [0.05, 0.1) is 12.4 Å². The topological polar surface area (TPSA) is 145 Å². The molecule has 0 bridgehead atoms. The van der Waals surface area contributed by atoms with Crippen LogP contribution in [-0.4, -0.2) is 59.9 Å². The van der Waals surface area contributed by atoms with Gasteiger partial charge >= 0.3 is 0 Å². The zero-order chi connectivity index (χ0) is 23.1. The molecule has 6 N–H and O–H groups in total. The van der Waals surface area contributed by atoms with E-state index in [0.29, 0.717) is 17.0 Å². The summed E-state index contributed by atoms with van der Waals surface area (Å²) in [7, 11) is 0. The molecule has 1 aliphatic rings. The number of hydrogen-bond acceptors (Lipinski definition) is 6. The van der Waals surface area contributed by atoms with Gasteiger partial charge in [0.1, 0.15) is 24.3 Å². The van der Waals surface area contributed by atoms with Gasteiger partial charge in [-0.15, -0.1) is 24.8 Å². The highest BCUT2D eigenvalue weighted by atomic mass is 35.5. The van der Waals surface area contributed by atoms with Gasteiger partial charge in [-0.3, -0.25) is 15.6 Å². The molecule has 0 radical (unpaired) electrons. The van der Waals surface area contributed by atoms with E-state index in [4.69, 9.17) is 26.0 Å². The molecule has 34 heavy (non-hydrogen) atoms. The fourth-order valence-corrected chi connectivity index (χ4v) is 3.41. The van der Waals surface area contributed by atoms with Gasteiger partial charge < -0.3 is 30.5 Å². The minimum absolute atomic E-state index is 0. The summed E-state index contributed by atoms with van der Waals surface area (Å²) in [4.78, 5) is 14.4. The lowest BCUT2D eigenvalue weighted by Crippen LogP contribution is -2.40. The number of nitrogen functional groups attached to an aromatic ring is 1. The summed E-state index contributed by atoms with van der Waals surface area (Å²) >= 11 is 0. The predicted octanol–water partition coefficient (Wildman–Crippen LogP) is 3.17. The number of benzene rings is 2. The number of carbonyl (C=O) groups excluding carboxylic acids is 1. The van der Waals surface area contributed by atoms with Crippen LogP contribution in [0.2, 0.25) is 0 Å². The van der Waals surface area contributed by atoms with Gasteiger partial charge in [-0.1, -0.05) is 0 Å². The SMILES string of the molecule is CC(=N)N1CCC(Oc2ccc(C(=O)NCCOc3cc(C(=N)N)ccc3O)cc2)CC1.Cl.Cl. The largest absolute Gasteiger partial charge is 0.504 e. The summed E-state index contributed by atoms with van der Waals surface area (Å²) in [5, 5.41) is 27.7. The number of nitrogens with zero attached hydrogens (tertiary/aromatic N) is 1. The molecule has 186 valence electrons. The van der Waals surface area contributed by atoms with Crippen LogP contribution in [0.3, 0.4) is 0 Å². The monoisotopic (exact) mass is 511 g/mol. The summed E-state index contributed by atoms with van der Waals surface area (Å²) in [5.41, 5.74) is 6.39. The summed E-state index contributed by atoms with van der Waals surface area (Å²) in [5.74, 6) is 1.09. The summed E-state index contributed by atoms with van der Waals surface area (Å²) < 4.78 is 11.5. The average molecular weight is 512 g/mol. The number of halogens is 2. The lowest BCUT2D eigenvalue weighted by molar-refractivity contribution is 0.0946. The molecule has 1 amide bonds. The van der Waals surface area contributed by atoms with E-state index in [9.17, 15) is 9.90 Å². The molecule has 1 saturated heterocycles. The number of nitrogens with two attached hydrogens (primary N) is 1. The van der Waals surface area contributed by atoms with Gasteiger partial charge in [0.25, 0.3) is 5.91 Å². The molecular formula is C23H31Cl2N5O4. The number of aromatic hydroxyl groups is 1. The van der Waals surface area contributed by atoms with Crippen molar-refractivity contribution < 1.29 is 19.4 Å². The van der Waals surface area contributed by atoms with Crippen molar-refractivity contribution in [1.29, 1.82) is 10.8 Å². The fourth-order valence-electron chi connectivity index (χ4n) is 3.41. The first kappa shape index (κ1) is 28.9. The molecule has 0 spiro atoms. The molecule has 1 heterocycles. The van der Waals surface area contributed by atoms with Crippen LogP contribution in [0, 0.1) is 10.8 Å². The van der Waals surface area contributed by atoms with Gasteiger partial charge in [-0.2, -0.15) is 0 Å². The van der Waals surface area contributed by atoms with E-state index < -0.39 is 0 Å². The molecule has 2 aromatic carbocycles. The van der Waals surface area contributed by atoms with E-state index in [1.807, 2.05) is 4.90 Å². The number of phenols is 1. The van der Waals surface area contributed by atoms with Crippen molar-refractivity contribution in [3.05, 3.63) is 53.6 Å². The Morgan fingerprint density at radius 3 is 2.32 bits per heavy atom. The third-order valence-electron chi connectivity index (χ3n) is 5.25. The van der Waals surface area contributed by atoms with Crippen molar-refractivity contribution >= 4 is 42.4 Å². The third kappa shape index (κ3) is 8.00. The highest BCUT2D eigenvalue weighted by Gasteiger charge is 2.20. The molecule has 0 aliphatic carbocycles. The smallest absolute Gasteiger partial charge is 0.251 e. The van der Waals surface area contributed by atoms with Crippen LogP contribution in [0.25, 0.3) is 0 Å². The minimum atomic E-state index is -0.239. The Labute approximate surface area is 211 Å². The van der Waals surface area contributed by atoms with Crippen LogP contribution in [0.5, 0.6) is 17.2 Å². The van der Waals surface area contributed by atoms with Crippen molar-refractivity contribution in [1.82, 2.24) is 10.2 Å². The Morgan fingerprint density at radius 1 is 1.12 bits per heavy atom. The molecule has 1 aliphatic heterocycles. The minimum Gasteiger partial charge on any atom is -0.504 e. The van der Waals surface area contributed by atoms with Gasteiger partial charge in [-0.25, -0.2) is 0 Å². The summed E-state index contributed by atoms with van der Waals surface area (Å²) in [6, 6.07) is 11.4. The van der Waals surface area contributed by atoms with Crippen LogP contribution in [0.15, 0.2) is 42.5 Å². The van der Waals surface area contributed by atoms with Crippen LogP contribution in [0.1, 0.15) is 35.7 Å². The third-order valence-corrected chi connectivity index (χ3v) is 5.25. The van der Waals surface area contributed by atoms with E-state index in [1.165, 1.54) is 18.2 Å². The standard InChI is InChI=1S/C23H29N5O4.2ClH/c1-15(24)28-11-8-19(9-12-28)32-18-5-2-16(3-6-18)23(30)27-10-13-31-21-14-17(22(25)26)4-7-20(21)29;;/h2-7,14,19,24,29H,8-13H2,1H3,(H3,25,26)(H,27,30);2*1H. The maximum Gasteiger partial charge on any atom is 0.251 e. The fraction of sp³-hybridized carbons (Fsp3) is 0.348. The van der Waals surface area contributed by atoms with Gasteiger partial charge in [0.2, 0.25) is 0 Å². The highest BCUT2D eigenvalue weighted by Crippen LogP contribution is 2.26. The Morgan fingerprint density at radius 2 is 1.74 bits per heavy atom. The first-order chi connectivity index (χ1) is 15.3. The van der Waals surface area contributed by atoms with Gasteiger partial charge in [0.15, 0.2) is 11.5 Å². The number of phenolic OH excluding ortho intramolecular Hbond substituents is 1. The molecule has 3 rings (SSSR count). The lowest BCUT2D eigenvalue weighted by Gasteiger charge is -2.32. The first-order valence-corrected chi connectivity index (χ1v) is 10.5. The molecule has 1 fully saturated rings. The second kappa shape index (κ2) is 13.5. The number of carbonyl (C=O) groups is 1. The second-order valence-electron chi connectivity index (χ2n) is 7.61. The summed E-state index contributed by atoms with van der Waals surface area (Å²) in [6.07, 6.45) is 1.84. The molecule has 11 heteroatoms. The van der Waals surface area contributed by atoms with Crippen molar-refractivity contribution in [3.63, 3.8) is 0 Å². The van der Waals surface area contributed by atoms with Crippen molar-refractivity contribution in [3.8, 4) is 17.2 Å². The molecule has 9 nitrogen and oxygen atoms in total. The van der Waals surface area contributed by atoms with E-state index in [2.05, 4.69) is 5.32 Å². The number of amides is 1. The molecule has 0 atom stereocenters. The van der Waals surface area contributed by atoms with Gasteiger partial charge in [0, 0.05) is 37.1 Å². The number of ether oxygens (including phenoxy) is 2. The molecule has 2 aromatic rings. The highest BCUT2D eigenvalue weighted by molar-refractivity contribution is 5.95. The molecule has 0 unspecified atom stereocenters. The quantitative estimate of drug-likeness (QED) is 0.209. The second-order valence-corrected chi connectivity index (χ2v) is 7.61. The van der Waals surface area contributed by atoms with Crippen LogP contribution in [0.4, 0.5) is 0 Å². The van der Waals surface area contributed by atoms with Gasteiger partial charge in [-0.05, 0) is 49.4 Å². The maximum absolute atomic E-state index is 12.3. The molecule has 0 aromatic heterocycles. The van der Waals surface area contributed by atoms with Crippen LogP contribution >= 0.6 is 24.8 Å². The first-order valence-electron chi connectivity index (χ1n) is 10.5. The molecule has 0 saturated carbocycles. The zero-order valence-electron chi connectivity index (χ0n) is 18.9. The van der Waals surface area contributed by atoms with Crippen molar-refractivity contribution in [2.24, 2.45) is 5.73 Å². The summed E-state index contributed by atoms with van der Waals surface area (Å²) in [6.45, 7) is 3.83. The predicted molar refractivity (Wildman–Crippen MR) is 137 cm³/mol. The van der Waals surface area contributed by atoms with E-state index in [1.54, 1.807) is 31.2 Å². The Bertz CT molecular complexity index is 980. The van der Waals surface area contributed by atoms with Crippen molar-refractivity contribution in [2.45, 2.75) is 25.9 Å². The number of rotatable bonds is 8. The maximum atomic E-state index is 12.3.